The molecule has 4 rings (SSSR count). The maximum absolute atomic E-state index is 13.0. The molecule has 0 saturated carbocycles. The molecule has 4 aromatic rings. The topological polar surface area (TPSA) is 98.1 Å². The lowest BCUT2D eigenvalue weighted by atomic mass is 10.1. The van der Waals surface area contributed by atoms with Crippen molar-refractivity contribution >= 4 is 11.8 Å². The number of carbonyl (C=O) groups excluding carboxylic acids is 2. The van der Waals surface area contributed by atoms with Crippen molar-refractivity contribution in [1.82, 2.24) is 25.6 Å². The summed E-state index contributed by atoms with van der Waals surface area (Å²) in [7, 11) is 0. The van der Waals surface area contributed by atoms with E-state index in [1.54, 1.807) is 29.9 Å². The molecule has 8 heteroatoms. The Hall–Kier alpha value is -4.46. The van der Waals surface area contributed by atoms with Gasteiger partial charge in [0, 0.05) is 18.0 Å². The Morgan fingerprint density at radius 1 is 0.875 bits per heavy atom. The number of carbonyl (C=O) groups is 2. The van der Waals surface area contributed by atoms with E-state index in [4.69, 9.17) is 4.74 Å². The third kappa shape index (κ3) is 4.49. The smallest absolute Gasteiger partial charge is 0.275 e. The molecule has 0 saturated heterocycles. The van der Waals surface area contributed by atoms with Crippen LogP contribution in [-0.4, -0.2) is 33.2 Å². The van der Waals surface area contributed by atoms with E-state index < -0.39 is 11.8 Å². The first kappa shape index (κ1) is 20.8. The highest BCUT2D eigenvalue weighted by Gasteiger charge is 2.20. The third-order valence-electron chi connectivity index (χ3n) is 4.61. The Morgan fingerprint density at radius 2 is 1.53 bits per heavy atom. The van der Waals surface area contributed by atoms with Gasteiger partial charge in [0.15, 0.2) is 0 Å². The maximum atomic E-state index is 13.0. The average Bonchev–Trinajstić information content (AvgIpc) is 3.30. The van der Waals surface area contributed by atoms with Crippen molar-refractivity contribution in [2.75, 3.05) is 6.61 Å². The Morgan fingerprint density at radius 3 is 2.22 bits per heavy atom. The normalized spacial score (nSPS) is 10.4. The summed E-state index contributed by atoms with van der Waals surface area (Å²) < 4.78 is 7.01. The Labute approximate surface area is 184 Å². The van der Waals surface area contributed by atoms with Gasteiger partial charge < -0.3 is 4.74 Å². The molecule has 0 unspecified atom stereocenters. The molecule has 0 fully saturated rings. The second-order valence-electron chi connectivity index (χ2n) is 6.73. The number of amides is 2. The van der Waals surface area contributed by atoms with Crippen LogP contribution in [0.4, 0.5) is 0 Å². The first-order chi connectivity index (χ1) is 15.7. The molecule has 0 radical (unpaired) electrons. The number of ether oxygens (including phenoxy) is 1. The van der Waals surface area contributed by atoms with Crippen molar-refractivity contribution in [2.45, 2.75) is 6.92 Å². The van der Waals surface area contributed by atoms with Crippen molar-refractivity contribution in [3.63, 3.8) is 0 Å². The molecule has 2 aromatic carbocycles. The number of hydrogen-bond donors (Lipinski definition) is 2. The van der Waals surface area contributed by atoms with E-state index in [0.717, 1.165) is 11.3 Å². The van der Waals surface area contributed by atoms with Crippen molar-refractivity contribution < 1.29 is 14.3 Å². The van der Waals surface area contributed by atoms with Crippen molar-refractivity contribution in [2.24, 2.45) is 0 Å². The number of para-hydroxylation sites is 1. The summed E-state index contributed by atoms with van der Waals surface area (Å²) in [4.78, 5) is 29.7. The highest BCUT2D eigenvalue weighted by atomic mass is 16.5. The number of nitrogens with zero attached hydrogens (tertiary/aromatic N) is 3. The van der Waals surface area contributed by atoms with Crippen LogP contribution in [-0.2, 0) is 0 Å². The van der Waals surface area contributed by atoms with E-state index in [2.05, 4.69) is 20.9 Å². The van der Waals surface area contributed by atoms with Gasteiger partial charge in [0.25, 0.3) is 11.8 Å². The van der Waals surface area contributed by atoms with Gasteiger partial charge in [0.1, 0.15) is 11.3 Å². The third-order valence-corrected chi connectivity index (χ3v) is 4.61. The Balaban J connectivity index is 1.59. The highest BCUT2D eigenvalue weighted by molar-refractivity contribution is 6.02. The summed E-state index contributed by atoms with van der Waals surface area (Å²) in [6, 6.07) is 22.0. The molecule has 0 spiro atoms. The first-order valence-corrected chi connectivity index (χ1v) is 10.1. The van der Waals surface area contributed by atoms with Crippen LogP contribution >= 0.6 is 0 Å². The van der Waals surface area contributed by atoms with Crippen molar-refractivity contribution in [1.29, 1.82) is 0 Å². The number of hydrogen-bond acceptors (Lipinski definition) is 5. The highest BCUT2D eigenvalue weighted by Crippen LogP contribution is 2.23. The molecule has 0 aliphatic heterocycles. The molecule has 2 heterocycles. The number of benzene rings is 2. The zero-order chi connectivity index (χ0) is 22.3. The minimum Gasteiger partial charge on any atom is -0.477 e. The molecule has 0 atom stereocenters. The summed E-state index contributed by atoms with van der Waals surface area (Å²) in [6.07, 6.45) is 3.17. The van der Waals surface area contributed by atoms with Gasteiger partial charge in [-0.15, -0.1) is 0 Å². The summed E-state index contributed by atoms with van der Waals surface area (Å²) in [5.41, 5.74) is 7.52. The lowest BCUT2D eigenvalue weighted by molar-refractivity contribution is 0.0844. The second-order valence-corrected chi connectivity index (χ2v) is 6.73. The minimum absolute atomic E-state index is 0.198. The van der Waals surface area contributed by atoms with E-state index >= 15 is 0 Å². The molecule has 2 aromatic heterocycles. The van der Waals surface area contributed by atoms with E-state index in [9.17, 15) is 9.59 Å². The molecule has 2 N–H and O–H groups in total. The molecule has 2 amide bonds. The van der Waals surface area contributed by atoms with Crippen LogP contribution in [0.25, 0.3) is 16.9 Å². The van der Waals surface area contributed by atoms with E-state index in [0.29, 0.717) is 17.9 Å². The molecule has 160 valence electrons. The van der Waals surface area contributed by atoms with Crippen LogP contribution in [0.2, 0.25) is 0 Å². The minimum atomic E-state index is -0.536. The maximum Gasteiger partial charge on any atom is 0.275 e. The lowest BCUT2D eigenvalue weighted by Crippen LogP contribution is -2.41. The van der Waals surface area contributed by atoms with E-state index in [-0.39, 0.29) is 11.4 Å². The molecule has 0 bridgehead atoms. The quantitative estimate of drug-likeness (QED) is 0.460. The zero-order valence-corrected chi connectivity index (χ0v) is 17.4. The molecule has 8 nitrogen and oxygen atoms in total. The second kappa shape index (κ2) is 9.57. The summed E-state index contributed by atoms with van der Waals surface area (Å²) in [5.74, 6) is -0.837. The molecule has 0 aliphatic carbocycles. The van der Waals surface area contributed by atoms with E-state index in [1.165, 1.54) is 6.20 Å². The monoisotopic (exact) mass is 427 g/mol. The fraction of sp³-hybridized carbons (Fsp3) is 0.0833. The average molecular weight is 427 g/mol. The largest absolute Gasteiger partial charge is 0.477 e. The van der Waals surface area contributed by atoms with Crippen molar-refractivity contribution in [3.05, 3.63) is 96.3 Å². The number of hydrazine groups is 1. The van der Waals surface area contributed by atoms with Crippen LogP contribution in [0.1, 0.15) is 27.6 Å². The van der Waals surface area contributed by atoms with Gasteiger partial charge >= 0.3 is 0 Å². The summed E-state index contributed by atoms with van der Waals surface area (Å²) in [6.45, 7) is 2.16. The van der Waals surface area contributed by atoms with Gasteiger partial charge in [-0.25, -0.2) is 9.67 Å². The molecule has 32 heavy (non-hydrogen) atoms. The van der Waals surface area contributed by atoms with E-state index in [1.807, 2.05) is 60.7 Å². The standard InChI is InChI=1S/C24H21N5O3/c1-2-32-24-19(14-9-15-25-24)22(30)26-27-23(31)20-16-29(18-12-7-4-8-13-18)28-21(20)17-10-5-3-6-11-17/h3-16H,2H2,1H3,(H,26,30)(H,27,31). The predicted octanol–water partition coefficient (Wildman–Crippen LogP) is 3.41. The number of nitrogens with one attached hydrogen (secondary N) is 2. The predicted molar refractivity (Wildman–Crippen MR) is 119 cm³/mol. The lowest BCUT2D eigenvalue weighted by Gasteiger charge is -2.10. The zero-order valence-electron chi connectivity index (χ0n) is 17.4. The van der Waals surface area contributed by atoms with Gasteiger partial charge in [-0.1, -0.05) is 48.5 Å². The van der Waals surface area contributed by atoms with Crippen molar-refractivity contribution in [3.8, 4) is 22.8 Å². The molecular formula is C24H21N5O3. The van der Waals surface area contributed by atoms with Crippen LogP contribution in [0.15, 0.2) is 85.2 Å². The molecule has 0 aliphatic rings. The fourth-order valence-corrected chi connectivity index (χ4v) is 3.13. The SMILES string of the molecule is CCOc1ncccc1C(=O)NNC(=O)c1cn(-c2ccccc2)nc1-c1ccccc1. The number of rotatable bonds is 6. The summed E-state index contributed by atoms with van der Waals surface area (Å²) in [5, 5.41) is 4.61. The van der Waals surface area contributed by atoms with Crippen LogP contribution in [0, 0.1) is 0 Å². The first-order valence-electron chi connectivity index (χ1n) is 10.1. The van der Waals surface area contributed by atoms with Gasteiger partial charge in [0.2, 0.25) is 5.88 Å². The van der Waals surface area contributed by atoms with Gasteiger partial charge in [-0.2, -0.15) is 5.10 Å². The molecular weight excluding hydrogens is 406 g/mol. The van der Waals surface area contributed by atoms with Gasteiger partial charge in [-0.05, 0) is 31.2 Å². The van der Waals surface area contributed by atoms with Gasteiger partial charge in [-0.3, -0.25) is 20.4 Å². The Bertz CT molecular complexity index is 1220. The van der Waals surface area contributed by atoms with Crippen LogP contribution < -0.4 is 15.6 Å². The Kier molecular flexibility index (Phi) is 6.22. The van der Waals surface area contributed by atoms with Crippen LogP contribution in [0.3, 0.4) is 0 Å². The fourth-order valence-electron chi connectivity index (χ4n) is 3.13. The van der Waals surface area contributed by atoms with Gasteiger partial charge in [0.05, 0.1) is 17.9 Å². The number of aromatic nitrogens is 3. The summed E-state index contributed by atoms with van der Waals surface area (Å²) >= 11 is 0. The van der Waals surface area contributed by atoms with Crippen LogP contribution in [0.5, 0.6) is 5.88 Å². The number of pyridine rings is 1.